The molecule has 0 saturated carbocycles. The van der Waals surface area contributed by atoms with Crippen LogP contribution in [0.1, 0.15) is 22.8 Å². The lowest BCUT2D eigenvalue weighted by molar-refractivity contribution is 0.0600. The van der Waals surface area contributed by atoms with E-state index in [-0.39, 0.29) is 0 Å². The molecule has 0 atom stereocenters. The van der Waals surface area contributed by atoms with Crippen molar-refractivity contribution in [2.24, 2.45) is 10.8 Å². The summed E-state index contributed by atoms with van der Waals surface area (Å²) in [5.41, 5.74) is 8.81. The second-order valence-electron chi connectivity index (χ2n) is 3.24. The molecule has 1 rings (SSSR count). The summed E-state index contributed by atoms with van der Waals surface area (Å²) in [7, 11) is 1.32. The van der Waals surface area contributed by atoms with Crippen molar-refractivity contribution < 1.29 is 14.3 Å². The normalized spacial score (nSPS) is 10.8. The predicted molar refractivity (Wildman–Crippen MR) is 62.7 cm³/mol. The van der Waals surface area contributed by atoms with Crippen LogP contribution in [-0.4, -0.2) is 24.8 Å². The molecule has 90 valence electrons. The highest BCUT2D eigenvalue weighted by Crippen LogP contribution is 2.06. The maximum absolute atomic E-state index is 11.2. The van der Waals surface area contributed by atoms with Gasteiger partial charge in [-0.05, 0) is 24.6 Å². The Morgan fingerprint density at radius 2 is 1.76 bits per heavy atom. The van der Waals surface area contributed by atoms with Crippen molar-refractivity contribution >= 4 is 17.7 Å². The minimum atomic E-state index is -0.726. The van der Waals surface area contributed by atoms with Crippen molar-refractivity contribution in [1.82, 2.24) is 5.43 Å². The zero-order chi connectivity index (χ0) is 12.8. The molecule has 0 heterocycles. The van der Waals surface area contributed by atoms with E-state index < -0.39 is 12.0 Å². The van der Waals surface area contributed by atoms with Crippen LogP contribution in [-0.2, 0) is 4.74 Å². The fraction of sp³-hybridized carbons (Fsp3) is 0.182. The van der Waals surface area contributed by atoms with Crippen LogP contribution in [0.5, 0.6) is 0 Å². The summed E-state index contributed by atoms with van der Waals surface area (Å²) in [4.78, 5) is 21.6. The third kappa shape index (κ3) is 3.60. The molecule has 0 aliphatic heterocycles. The van der Waals surface area contributed by atoms with E-state index in [9.17, 15) is 9.59 Å². The fourth-order valence-corrected chi connectivity index (χ4v) is 1.17. The minimum Gasteiger partial charge on any atom is -0.465 e. The number of benzene rings is 1. The Labute approximate surface area is 98.4 Å². The van der Waals surface area contributed by atoms with Crippen LogP contribution in [0.4, 0.5) is 4.79 Å². The lowest BCUT2D eigenvalue weighted by Crippen LogP contribution is -2.25. The number of hydrazone groups is 1. The van der Waals surface area contributed by atoms with Crippen molar-refractivity contribution in [1.29, 1.82) is 0 Å². The molecule has 0 bridgehead atoms. The summed E-state index contributed by atoms with van der Waals surface area (Å²) in [6, 6.07) is 5.91. The molecular formula is C11H13N3O3. The van der Waals surface area contributed by atoms with E-state index >= 15 is 0 Å². The molecule has 1 aromatic carbocycles. The predicted octanol–water partition coefficient (Wildman–Crippen LogP) is 0.865. The van der Waals surface area contributed by atoms with Gasteiger partial charge in [0.05, 0.1) is 18.4 Å². The number of esters is 1. The second kappa shape index (κ2) is 5.64. The number of methoxy groups -OCH3 is 1. The van der Waals surface area contributed by atoms with E-state index in [0.717, 1.165) is 5.56 Å². The van der Waals surface area contributed by atoms with Gasteiger partial charge >= 0.3 is 12.0 Å². The first-order chi connectivity index (χ1) is 8.04. The summed E-state index contributed by atoms with van der Waals surface area (Å²) < 4.78 is 4.57. The van der Waals surface area contributed by atoms with Gasteiger partial charge in [-0.2, -0.15) is 5.10 Å². The molecular weight excluding hydrogens is 222 g/mol. The second-order valence-corrected chi connectivity index (χ2v) is 3.24. The lowest BCUT2D eigenvalue weighted by Gasteiger charge is -2.02. The number of ether oxygens (including phenoxy) is 1. The number of carbonyl (C=O) groups is 2. The highest BCUT2D eigenvalue weighted by atomic mass is 16.5. The van der Waals surface area contributed by atoms with Gasteiger partial charge in [0.15, 0.2) is 0 Å². The quantitative estimate of drug-likeness (QED) is 0.462. The van der Waals surface area contributed by atoms with Crippen LogP contribution >= 0.6 is 0 Å². The Kier molecular flexibility index (Phi) is 4.21. The molecule has 1 aromatic rings. The fourth-order valence-electron chi connectivity index (χ4n) is 1.17. The highest BCUT2D eigenvalue weighted by molar-refractivity contribution is 6.00. The first-order valence-corrected chi connectivity index (χ1v) is 4.83. The summed E-state index contributed by atoms with van der Waals surface area (Å²) in [5.74, 6) is -0.401. The first kappa shape index (κ1) is 12.7. The summed E-state index contributed by atoms with van der Waals surface area (Å²) in [6.07, 6.45) is 0. The average molecular weight is 235 g/mol. The van der Waals surface area contributed by atoms with Crippen LogP contribution in [0.3, 0.4) is 0 Å². The van der Waals surface area contributed by atoms with Gasteiger partial charge in [-0.25, -0.2) is 15.0 Å². The van der Waals surface area contributed by atoms with Crippen molar-refractivity contribution in [3.8, 4) is 0 Å². The standard InChI is InChI=1S/C11H13N3O3/c1-7(13-14-11(12)16)8-3-5-9(6-4-8)10(15)17-2/h3-6H,1-2H3,(H3,12,14,16)/b13-7+. The topological polar surface area (TPSA) is 93.8 Å². The number of primary amides is 1. The third-order valence-electron chi connectivity index (χ3n) is 2.06. The zero-order valence-electron chi connectivity index (χ0n) is 9.56. The monoisotopic (exact) mass is 235 g/mol. The van der Waals surface area contributed by atoms with Crippen LogP contribution in [0.2, 0.25) is 0 Å². The van der Waals surface area contributed by atoms with Gasteiger partial charge in [-0.15, -0.1) is 0 Å². The summed E-state index contributed by atoms with van der Waals surface area (Å²) >= 11 is 0. The minimum absolute atomic E-state index is 0.401. The molecule has 0 unspecified atom stereocenters. The van der Waals surface area contributed by atoms with Gasteiger partial charge < -0.3 is 10.5 Å². The number of rotatable bonds is 3. The number of nitrogens with zero attached hydrogens (tertiary/aromatic N) is 1. The number of nitrogens with two attached hydrogens (primary N) is 1. The van der Waals surface area contributed by atoms with Gasteiger partial charge in [0, 0.05) is 0 Å². The molecule has 17 heavy (non-hydrogen) atoms. The Morgan fingerprint density at radius 1 is 1.24 bits per heavy atom. The maximum atomic E-state index is 11.2. The Morgan fingerprint density at radius 3 is 2.24 bits per heavy atom. The van der Waals surface area contributed by atoms with Crippen LogP contribution in [0.25, 0.3) is 0 Å². The molecule has 0 spiro atoms. The number of hydrogen-bond donors (Lipinski definition) is 2. The molecule has 0 fully saturated rings. The zero-order valence-corrected chi connectivity index (χ0v) is 9.56. The summed E-state index contributed by atoms with van der Waals surface area (Å²) in [6.45, 7) is 1.71. The van der Waals surface area contributed by atoms with Crippen LogP contribution in [0, 0.1) is 0 Å². The average Bonchev–Trinajstić information content (AvgIpc) is 2.35. The van der Waals surface area contributed by atoms with Gasteiger partial charge in [0.1, 0.15) is 0 Å². The van der Waals surface area contributed by atoms with E-state index in [2.05, 4.69) is 15.3 Å². The van der Waals surface area contributed by atoms with E-state index in [1.54, 1.807) is 31.2 Å². The Bertz CT molecular complexity index is 452. The highest BCUT2D eigenvalue weighted by Gasteiger charge is 2.05. The third-order valence-corrected chi connectivity index (χ3v) is 2.06. The van der Waals surface area contributed by atoms with E-state index in [1.165, 1.54) is 7.11 Å². The molecule has 6 nitrogen and oxygen atoms in total. The largest absolute Gasteiger partial charge is 0.465 e. The Balaban J connectivity index is 2.83. The number of carbonyl (C=O) groups excluding carboxylic acids is 2. The van der Waals surface area contributed by atoms with E-state index in [1.807, 2.05) is 0 Å². The van der Waals surface area contributed by atoms with Gasteiger partial charge in [-0.3, -0.25) is 0 Å². The van der Waals surface area contributed by atoms with Gasteiger partial charge in [0.2, 0.25) is 0 Å². The molecule has 0 saturated heterocycles. The Hall–Kier alpha value is -2.37. The lowest BCUT2D eigenvalue weighted by atomic mass is 10.1. The van der Waals surface area contributed by atoms with Crippen LogP contribution in [0.15, 0.2) is 29.4 Å². The number of nitrogens with one attached hydrogen (secondary N) is 1. The molecule has 6 heteroatoms. The molecule has 0 aliphatic rings. The summed E-state index contributed by atoms with van der Waals surface area (Å²) in [5, 5.41) is 3.76. The molecule has 0 aromatic heterocycles. The van der Waals surface area contributed by atoms with Crippen molar-refractivity contribution in [2.75, 3.05) is 7.11 Å². The van der Waals surface area contributed by atoms with E-state index in [4.69, 9.17) is 5.73 Å². The van der Waals surface area contributed by atoms with Crippen LogP contribution < -0.4 is 11.2 Å². The number of hydrogen-bond acceptors (Lipinski definition) is 4. The molecule has 0 radical (unpaired) electrons. The smallest absolute Gasteiger partial charge is 0.337 e. The number of urea groups is 1. The maximum Gasteiger partial charge on any atom is 0.337 e. The van der Waals surface area contributed by atoms with Crippen molar-refractivity contribution in [2.45, 2.75) is 6.92 Å². The van der Waals surface area contributed by atoms with E-state index in [0.29, 0.717) is 11.3 Å². The van der Waals surface area contributed by atoms with Gasteiger partial charge in [-0.1, -0.05) is 12.1 Å². The first-order valence-electron chi connectivity index (χ1n) is 4.83. The number of amides is 2. The van der Waals surface area contributed by atoms with Crippen molar-refractivity contribution in [3.05, 3.63) is 35.4 Å². The molecule has 2 amide bonds. The van der Waals surface area contributed by atoms with Gasteiger partial charge in [0.25, 0.3) is 0 Å². The molecule has 0 aliphatic carbocycles. The molecule has 3 N–H and O–H groups in total. The SMILES string of the molecule is COC(=O)c1ccc(/C(C)=N/NC(N)=O)cc1. The van der Waals surface area contributed by atoms with Crippen molar-refractivity contribution in [3.63, 3.8) is 0 Å².